The standard InChI is InChI=1S/C26H36O6/c1-15(27)32-21-13-26(30)20-6-5-17-12-18(28)8-10-24(17,2)19(20)9-11-25(26,3)23(21)16-4-7-22(29)31-14-16/h4,7,14,17-21,23,28,30H,5-6,8-13H2,1-3H3/t17-,18-,19+,20-,21-,23+,24-,25-,26+/m1/s1. The number of ether oxygens (including phenoxy) is 1. The van der Waals surface area contributed by atoms with Crippen LogP contribution in [0.4, 0.5) is 0 Å². The monoisotopic (exact) mass is 444 g/mol. The van der Waals surface area contributed by atoms with Gasteiger partial charge in [0.15, 0.2) is 0 Å². The lowest BCUT2D eigenvalue weighted by molar-refractivity contribution is -0.205. The second kappa shape index (κ2) is 7.42. The minimum absolute atomic E-state index is 0.133. The molecule has 0 amide bonds. The van der Waals surface area contributed by atoms with Crippen LogP contribution in [0.5, 0.6) is 0 Å². The fraction of sp³-hybridized carbons (Fsp3) is 0.769. The molecule has 1 aromatic rings. The molecule has 1 aromatic heterocycles. The molecule has 4 aliphatic carbocycles. The Morgan fingerprint density at radius 1 is 1.12 bits per heavy atom. The Balaban J connectivity index is 1.55. The molecule has 176 valence electrons. The van der Waals surface area contributed by atoms with E-state index in [0.717, 1.165) is 50.5 Å². The van der Waals surface area contributed by atoms with Crippen LogP contribution in [0.3, 0.4) is 0 Å². The maximum Gasteiger partial charge on any atom is 0.335 e. The van der Waals surface area contributed by atoms with E-state index in [9.17, 15) is 19.8 Å². The number of carbonyl (C=O) groups is 1. The second-order valence-electron chi connectivity index (χ2n) is 11.5. The number of rotatable bonds is 2. The van der Waals surface area contributed by atoms with Crippen LogP contribution in [0.1, 0.15) is 83.6 Å². The van der Waals surface area contributed by atoms with Crippen molar-refractivity contribution in [3.63, 3.8) is 0 Å². The molecule has 6 nitrogen and oxygen atoms in total. The highest BCUT2D eigenvalue weighted by Gasteiger charge is 2.70. The lowest BCUT2D eigenvalue weighted by Crippen LogP contribution is -2.62. The highest BCUT2D eigenvalue weighted by Crippen LogP contribution is 2.70. The number of fused-ring (bicyclic) bond motifs is 5. The van der Waals surface area contributed by atoms with Crippen molar-refractivity contribution in [2.24, 2.45) is 28.6 Å². The first kappa shape index (κ1) is 22.1. The summed E-state index contributed by atoms with van der Waals surface area (Å²) in [6.45, 7) is 5.94. The molecule has 5 rings (SSSR count). The fourth-order valence-electron chi connectivity index (χ4n) is 8.67. The summed E-state index contributed by atoms with van der Waals surface area (Å²) in [6.07, 6.45) is 7.78. The number of carbonyl (C=O) groups excluding carboxylic acids is 1. The van der Waals surface area contributed by atoms with Gasteiger partial charge in [-0.1, -0.05) is 13.8 Å². The third kappa shape index (κ3) is 3.05. The Labute approximate surface area is 189 Å². The second-order valence-corrected chi connectivity index (χ2v) is 11.5. The number of esters is 1. The Bertz CT molecular complexity index is 935. The highest BCUT2D eigenvalue weighted by molar-refractivity contribution is 5.66. The molecule has 0 saturated heterocycles. The van der Waals surface area contributed by atoms with Gasteiger partial charge in [-0.05, 0) is 79.7 Å². The number of hydrogen-bond donors (Lipinski definition) is 2. The van der Waals surface area contributed by atoms with E-state index in [1.165, 1.54) is 19.3 Å². The summed E-state index contributed by atoms with van der Waals surface area (Å²) in [6, 6.07) is 3.17. The Kier molecular flexibility index (Phi) is 5.14. The van der Waals surface area contributed by atoms with E-state index >= 15 is 0 Å². The van der Waals surface area contributed by atoms with E-state index in [2.05, 4.69) is 13.8 Å². The van der Waals surface area contributed by atoms with E-state index in [1.807, 2.05) is 0 Å². The van der Waals surface area contributed by atoms with Gasteiger partial charge in [-0.3, -0.25) is 4.79 Å². The highest BCUT2D eigenvalue weighted by atomic mass is 16.5. The van der Waals surface area contributed by atoms with Crippen LogP contribution in [0.15, 0.2) is 27.6 Å². The summed E-state index contributed by atoms with van der Waals surface area (Å²) in [5.74, 6) is 0.469. The van der Waals surface area contributed by atoms with Crippen LogP contribution in [0.2, 0.25) is 0 Å². The third-order valence-corrected chi connectivity index (χ3v) is 10.2. The number of aliphatic hydroxyl groups excluding tert-OH is 1. The van der Waals surface area contributed by atoms with Crippen molar-refractivity contribution < 1.29 is 24.2 Å². The van der Waals surface area contributed by atoms with Crippen LogP contribution in [-0.2, 0) is 9.53 Å². The lowest BCUT2D eigenvalue weighted by atomic mass is 9.43. The van der Waals surface area contributed by atoms with Gasteiger partial charge in [-0.2, -0.15) is 0 Å². The summed E-state index contributed by atoms with van der Waals surface area (Å²) in [4.78, 5) is 23.6. The molecule has 4 saturated carbocycles. The first-order chi connectivity index (χ1) is 15.1. The predicted octanol–water partition coefficient (Wildman–Crippen LogP) is 3.78. The molecule has 0 spiro atoms. The summed E-state index contributed by atoms with van der Waals surface area (Å²) in [5.41, 5.74) is -0.903. The quantitative estimate of drug-likeness (QED) is 0.674. The topological polar surface area (TPSA) is 97.0 Å². The zero-order valence-corrected chi connectivity index (χ0v) is 19.4. The Morgan fingerprint density at radius 2 is 1.91 bits per heavy atom. The zero-order valence-electron chi connectivity index (χ0n) is 19.4. The van der Waals surface area contributed by atoms with Crippen LogP contribution in [-0.4, -0.2) is 34.0 Å². The molecule has 0 unspecified atom stereocenters. The van der Waals surface area contributed by atoms with Crippen molar-refractivity contribution in [3.05, 3.63) is 34.4 Å². The van der Waals surface area contributed by atoms with Crippen LogP contribution < -0.4 is 5.63 Å². The molecule has 32 heavy (non-hydrogen) atoms. The smallest absolute Gasteiger partial charge is 0.335 e. The van der Waals surface area contributed by atoms with Gasteiger partial charge in [0.25, 0.3) is 0 Å². The van der Waals surface area contributed by atoms with Gasteiger partial charge < -0.3 is 19.4 Å². The molecule has 0 radical (unpaired) electrons. The largest absolute Gasteiger partial charge is 0.462 e. The summed E-state index contributed by atoms with van der Waals surface area (Å²) < 4.78 is 11.0. The normalized spacial score (nSPS) is 47.8. The maximum absolute atomic E-state index is 12.5. The molecule has 9 atom stereocenters. The van der Waals surface area contributed by atoms with Crippen molar-refractivity contribution in [3.8, 4) is 0 Å². The van der Waals surface area contributed by atoms with Gasteiger partial charge >= 0.3 is 11.6 Å². The van der Waals surface area contributed by atoms with Crippen LogP contribution in [0.25, 0.3) is 0 Å². The molecule has 4 fully saturated rings. The van der Waals surface area contributed by atoms with E-state index in [-0.39, 0.29) is 29.3 Å². The SMILES string of the molecule is CC(=O)O[C@@H]1C[C@]2(O)[C@@H]3CC[C@@H]4C[C@H](O)CC[C@@]4(C)[C@H]3CC[C@]2(C)[C@H]1c1ccc(=O)oc1. The first-order valence-corrected chi connectivity index (χ1v) is 12.2. The van der Waals surface area contributed by atoms with Gasteiger partial charge in [0.1, 0.15) is 6.10 Å². The van der Waals surface area contributed by atoms with Crippen LogP contribution in [0, 0.1) is 28.6 Å². The van der Waals surface area contributed by atoms with Crippen molar-refractivity contribution in [1.29, 1.82) is 0 Å². The Hall–Kier alpha value is -1.66. The van der Waals surface area contributed by atoms with Crippen molar-refractivity contribution in [2.75, 3.05) is 0 Å². The molecular formula is C26H36O6. The van der Waals surface area contributed by atoms with Crippen molar-refractivity contribution >= 4 is 5.97 Å². The average Bonchev–Trinajstić information content (AvgIpc) is 2.95. The molecular weight excluding hydrogens is 408 g/mol. The zero-order chi connectivity index (χ0) is 22.9. The van der Waals surface area contributed by atoms with Gasteiger partial charge in [0, 0.05) is 30.7 Å². The van der Waals surface area contributed by atoms with E-state index in [4.69, 9.17) is 9.15 Å². The molecule has 0 aliphatic heterocycles. The third-order valence-electron chi connectivity index (χ3n) is 10.2. The first-order valence-electron chi connectivity index (χ1n) is 12.2. The van der Waals surface area contributed by atoms with Gasteiger partial charge in [0.2, 0.25) is 0 Å². The molecule has 1 heterocycles. The van der Waals surface area contributed by atoms with Crippen molar-refractivity contribution in [1.82, 2.24) is 0 Å². The summed E-state index contributed by atoms with van der Waals surface area (Å²) >= 11 is 0. The molecule has 0 aromatic carbocycles. The molecule has 0 bridgehead atoms. The summed E-state index contributed by atoms with van der Waals surface area (Å²) in [5, 5.41) is 22.7. The van der Waals surface area contributed by atoms with Crippen LogP contribution >= 0.6 is 0 Å². The van der Waals surface area contributed by atoms with Gasteiger partial charge in [-0.15, -0.1) is 0 Å². The molecule has 6 heteroatoms. The van der Waals surface area contributed by atoms with Crippen molar-refractivity contribution in [2.45, 2.75) is 95.9 Å². The molecule has 4 aliphatic rings. The number of aliphatic hydroxyl groups is 2. The predicted molar refractivity (Wildman–Crippen MR) is 118 cm³/mol. The maximum atomic E-state index is 12.5. The van der Waals surface area contributed by atoms with E-state index in [1.54, 1.807) is 6.07 Å². The minimum atomic E-state index is -0.957. The molecule has 2 N–H and O–H groups in total. The van der Waals surface area contributed by atoms with E-state index < -0.39 is 22.7 Å². The van der Waals surface area contributed by atoms with Gasteiger partial charge in [-0.25, -0.2) is 4.79 Å². The lowest BCUT2D eigenvalue weighted by Gasteiger charge is -2.63. The van der Waals surface area contributed by atoms with E-state index in [0.29, 0.717) is 18.3 Å². The summed E-state index contributed by atoms with van der Waals surface area (Å²) in [7, 11) is 0. The number of hydrogen-bond acceptors (Lipinski definition) is 6. The Morgan fingerprint density at radius 3 is 2.59 bits per heavy atom. The minimum Gasteiger partial charge on any atom is -0.462 e. The average molecular weight is 445 g/mol. The fourth-order valence-corrected chi connectivity index (χ4v) is 8.67. The van der Waals surface area contributed by atoms with Gasteiger partial charge in [0.05, 0.1) is 18.0 Å².